The molecule has 544 valence electrons. The Bertz CT molecular complexity index is 2940. The Balaban J connectivity index is -0.000000584. The Labute approximate surface area is 650 Å². The Morgan fingerprint density at radius 3 is 0.778 bits per heavy atom. The summed E-state index contributed by atoms with van der Waals surface area (Å²) < 4.78 is 34.0. The van der Waals surface area contributed by atoms with Crippen LogP contribution in [-0.4, -0.2) is 63.4 Å². The molecule has 4 rings (SSSR count). The summed E-state index contributed by atoms with van der Waals surface area (Å²) in [5, 5.41) is 19.6. The fourth-order valence-corrected chi connectivity index (χ4v) is 9.57. The van der Waals surface area contributed by atoms with Crippen molar-refractivity contribution >= 4 is 46.7 Å². The van der Waals surface area contributed by atoms with Gasteiger partial charge in [0.05, 0.1) is 52.9 Å². The summed E-state index contributed by atoms with van der Waals surface area (Å²) in [6, 6.07) is 41.2. The van der Waals surface area contributed by atoms with E-state index in [2.05, 4.69) is 237 Å². The molecule has 0 atom stereocenters. The first-order valence-corrected chi connectivity index (χ1v) is 38.8. The topological polar surface area (TPSA) is 102 Å². The molecule has 0 unspecified atom stereocenters. The van der Waals surface area contributed by atoms with Crippen LogP contribution in [0.3, 0.4) is 0 Å². The predicted molar refractivity (Wildman–Crippen MR) is 434 cm³/mol. The molecule has 0 aliphatic carbocycles. The molecule has 0 fully saturated rings. The van der Waals surface area contributed by atoms with E-state index in [1.165, 1.54) is 90.0 Å². The zero-order valence-electron chi connectivity index (χ0n) is 65.0. The van der Waals surface area contributed by atoms with E-state index in [9.17, 15) is 0 Å². The summed E-state index contributed by atoms with van der Waals surface area (Å²) in [6.07, 6.45) is 44.7. The first-order valence-electron chi connectivity index (χ1n) is 35.2. The quantitative estimate of drug-likeness (QED) is 0.0198. The fourth-order valence-electron chi connectivity index (χ4n) is 8.97. The molecular formula is C88H129Br2NaO7Se. The summed E-state index contributed by atoms with van der Waals surface area (Å²) in [6.45, 7) is 34.7. The summed E-state index contributed by atoms with van der Waals surface area (Å²) in [5.41, 5.74) is 21.6. The Morgan fingerprint density at radius 1 is 0.333 bits per heavy atom. The molecule has 0 saturated heterocycles. The van der Waals surface area contributed by atoms with E-state index >= 15 is 0 Å². The van der Waals surface area contributed by atoms with E-state index in [4.69, 9.17) is 32.1 Å². The molecule has 0 aliphatic heterocycles. The second-order valence-corrected chi connectivity index (χ2v) is 26.9. The molecule has 0 radical (unpaired) electrons. The van der Waals surface area contributed by atoms with Crippen molar-refractivity contribution in [2.24, 2.45) is 0 Å². The van der Waals surface area contributed by atoms with E-state index in [1.54, 1.807) is 0 Å². The molecule has 0 amide bonds. The SMILES string of the molecule is BrCc1ccccc1.C/C(=C\CC/C(C)=C/CC/C(C)=C/COCc1ccccc1)CBr.C/C(=C\CC/C(C)=C/CC/C(C)=C/COCc1ccccc1)CO.CC(C)=CCC/C(C)=C/CC/C(C)=C/CO.CC(C)=CCC/C(C)=C/CC/C(C)=C/COCc1ccccc1.O=[Se]=O.[H-].[Na+]. The average Bonchev–Trinajstić information content (AvgIpc) is 1.75. The normalized spacial score (nSPS) is 12.3. The maximum absolute atomic E-state index is 8.96. The van der Waals surface area contributed by atoms with Crippen LogP contribution in [0.2, 0.25) is 0 Å². The number of halogens is 2. The van der Waals surface area contributed by atoms with Gasteiger partial charge in [0, 0.05) is 10.7 Å². The van der Waals surface area contributed by atoms with Gasteiger partial charge in [-0.25, -0.2) is 0 Å². The summed E-state index contributed by atoms with van der Waals surface area (Å²) >= 11 is 5.21. The molecule has 99 heavy (non-hydrogen) atoms. The van der Waals surface area contributed by atoms with E-state index in [1.807, 2.05) is 85.8 Å². The summed E-state index contributed by atoms with van der Waals surface area (Å²) in [7, 11) is 0. The van der Waals surface area contributed by atoms with Crippen LogP contribution in [0.25, 0.3) is 0 Å². The van der Waals surface area contributed by atoms with Gasteiger partial charge in [0.1, 0.15) is 0 Å². The van der Waals surface area contributed by atoms with Gasteiger partial charge in [0.25, 0.3) is 0 Å². The molecule has 4 aromatic carbocycles. The van der Waals surface area contributed by atoms with Gasteiger partial charge in [-0.2, -0.15) is 0 Å². The maximum atomic E-state index is 8.96. The third-order valence-corrected chi connectivity index (χ3v) is 16.8. The minimum atomic E-state index is -1.62. The van der Waals surface area contributed by atoms with Crippen LogP contribution >= 0.6 is 31.9 Å². The van der Waals surface area contributed by atoms with Gasteiger partial charge >= 0.3 is 52.0 Å². The molecule has 0 saturated carbocycles. The minimum absolute atomic E-state index is 0. The van der Waals surface area contributed by atoms with Crippen molar-refractivity contribution in [3.8, 4) is 0 Å². The van der Waals surface area contributed by atoms with Crippen molar-refractivity contribution in [2.45, 2.75) is 225 Å². The predicted octanol–water partition coefficient (Wildman–Crippen LogP) is 22.7. The number of aliphatic hydroxyl groups is 2. The van der Waals surface area contributed by atoms with Crippen LogP contribution in [0, 0.1) is 0 Å². The van der Waals surface area contributed by atoms with Crippen molar-refractivity contribution in [3.05, 3.63) is 283 Å². The zero-order chi connectivity index (χ0) is 73.1. The number of rotatable bonds is 40. The van der Waals surface area contributed by atoms with E-state index in [0.717, 1.165) is 113 Å². The Kier molecular flexibility index (Phi) is 71.9. The Hall–Kier alpha value is -4.36. The first kappa shape index (κ1) is 98.8. The van der Waals surface area contributed by atoms with Crippen LogP contribution < -0.4 is 29.6 Å². The smallest absolute Gasteiger partial charge is 1.00 e. The monoisotopic (exact) mass is 1560 g/mol. The number of aliphatic hydroxyl groups excluding tert-OH is 2. The van der Waals surface area contributed by atoms with Crippen LogP contribution in [0.15, 0.2) is 261 Å². The maximum Gasteiger partial charge on any atom is 1.00 e. The number of ether oxygens (including phenoxy) is 3. The number of hydrogen-bond acceptors (Lipinski definition) is 7. The number of hydrogen-bond donors (Lipinski definition) is 2. The van der Waals surface area contributed by atoms with Gasteiger partial charge in [-0.3, -0.25) is 0 Å². The largest absolute Gasteiger partial charge is 1.00 e. The van der Waals surface area contributed by atoms with Gasteiger partial charge in [-0.1, -0.05) is 293 Å². The van der Waals surface area contributed by atoms with Gasteiger partial charge < -0.3 is 25.9 Å². The van der Waals surface area contributed by atoms with Crippen LogP contribution in [0.5, 0.6) is 0 Å². The van der Waals surface area contributed by atoms with E-state index in [0.29, 0.717) is 39.6 Å². The summed E-state index contributed by atoms with van der Waals surface area (Å²) in [4.78, 5) is 0. The van der Waals surface area contributed by atoms with Crippen LogP contribution in [-0.2, 0) is 47.0 Å². The Morgan fingerprint density at radius 2 is 0.556 bits per heavy atom. The molecule has 4 aromatic rings. The third kappa shape index (κ3) is 70.5. The zero-order valence-corrected chi connectivity index (χ0v) is 70.8. The van der Waals surface area contributed by atoms with Gasteiger partial charge in [-0.05, 0) is 222 Å². The van der Waals surface area contributed by atoms with Crippen molar-refractivity contribution in [1.29, 1.82) is 0 Å². The molecule has 2 N–H and O–H groups in total. The minimum Gasteiger partial charge on any atom is -1.00 e. The van der Waals surface area contributed by atoms with E-state index < -0.39 is 14.8 Å². The second-order valence-electron chi connectivity index (χ2n) is 25.5. The average molecular weight is 1560 g/mol. The number of allylic oxidation sites excluding steroid dienone is 19. The fraction of sp³-hybridized carbons (Fsp3) is 0.455. The van der Waals surface area contributed by atoms with Crippen LogP contribution in [0.4, 0.5) is 0 Å². The first-order chi connectivity index (χ1) is 47.2. The number of alkyl halides is 2. The van der Waals surface area contributed by atoms with Crippen molar-refractivity contribution < 1.29 is 63.1 Å². The second kappa shape index (κ2) is 72.0. The molecular weight excluding hydrogens is 1430 g/mol. The molecule has 11 heteroatoms. The van der Waals surface area contributed by atoms with Gasteiger partial charge in [0.15, 0.2) is 0 Å². The van der Waals surface area contributed by atoms with Gasteiger partial charge in [0.2, 0.25) is 0 Å². The molecule has 0 spiro atoms. The van der Waals surface area contributed by atoms with Crippen molar-refractivity contribution in [2.75, 3.05) is 38.4 Å². The van der Waals surface area contributed by atoms with Crippen molar-refractivity contribution in [3.63, 3.8) is 0 Å². The molecule has 7 nitrogen and oxygen atoms in total. The van der Waals surface area contributed by atoms with Gasteiger partial charge in [-0.15, -0.1) is 0 Å². The summed E-state index contributed by atoms with van der Waals surface area (Å²) in [5.74, 6) is 0. The third-order valence-electron chi connectivity index (χ3n) is 15.3. The standard InChI is InChI=1S/C22H31BrO.C22H32O2.C22H32O.C15H26O.C7H7Br.Na.O2Se.H/c2*1-19(10-8-12-21(3)17-23)9-7-11-20(2)15-16-24-18-22-13-5-4-6-14-22;1-19(2)10-8-11-20(3)12-9-13-21(4)16-17-23-18-22-14-6-5-7-15-22;1-13(2)7-5-8-14(3)9-6-10-15(4)11-12-16;8-6-7-4-2-1-3-5-7;;1-3-2;/h4-6,9,12-15H,7-8,10-11,16-18H2,1-3H3;4-6,9,12-15,23H,7-8,10-11,16-18H2,1-3H3;5-7,10,12,14-16H,8-9,11,13,17-18H2,1-4H3;7,9,11,16H,5-6,8,10,12H2,1-4H3;1-5H,6H2;;;/q;;;;;+1;;-1/b2*19-9+,20-15+,21-12+;20-12+,21-16+;14-9+,15-11+;;;;. The molecule has 0 bridgehead atoms. The van der Waals surface area contributed by atoms with Crippen molar-refractivity contribution in [1.82, 2.24) is 0 Å². The number of benzene rings is 4. The van der Waals surface area contributed by atoms with E-state index in [-0.39, 0.29) is 44.2 Å². The molecule has 0 aromatic heterocycles. The molecule has 0 aliphatic rings. The molecule has 0 heterocycles. The van der Waals surface area contributed by atoms with Crippen LogP contribution in [0.1, 0.15) is 223 Å².